The molecule has 1 atom stereocenters. The van der Waals surface area contributed by atoms with E-state index >= 15 is 0 Å². The number of hydrogen-bond donors (Lipinski definition) is 0. The van der Waals surface area contributed by atoms with Gasteiger partial charge in [-0.3, -0.25) is 4.79 Å². The summed E-state index contributed by atoms with van der Waals surface area (Å²) in [7, 11) is 0. The quantitative estimate of drug-likeness (QED) is 0.842. The Balaban J connectivity index is 1.91. The zero-order chi connectivity index (χ0) is 14.1. The van der Waals surface area contributed by atoms with Gasteiger partial charge >= 0.3 is 0 Å². The van der Waals surface area contributed by atoms with E-state index in [-0.39, 0.29) is 11.3 Å². The average molecular weight is 287 g/mol. The SMILES string of the molecule is Cc1ccc(C2SCCN2C(=O)c2ccco2)c(C)c1. The van der Waals surface area contributed by atoms with E-state index in [9.17, 15) is 4.79 Å². The van der Waals surface area contributed by atoms with E-state index in [1.807, 2.05) is 16.7 Å². The highest BCUT2D eigenvalue weighted by Crippen LogP contribution is 2.40. The van der Waals surface area contributed by atoms with Crippen molar-refractivity contribution in [2.24, 2.45) is 0 Å². The molecule has 1 aromatic heterocycles. The molecule has 1 amide bonds. The van der Waals surface area contributed by atoms with Gasteiger partial charge in [0.25, 0.3) is 5.91 Å². The molecule has 1 fully saturated rings. The molecule has 3 nitrogen and oxygen atoms in total. The molecule has 1 aromatic carbocycles. The molecule has 104 valence electrons. The van der Waals surface area contributed by atoms with E-state index in [4.69, 9.17) is 4.42 Å². The molecule has 20 heavy (non-hydrogen) atoms. The summed E-state index contributed by atoms with van der Waals surface area (Å²) in [4.78, 5) is 14.4. The smallest absolute Gasteiger partial charge is 0.290 e. The van der Waals surface area contributed by atoms with E-state index in [1.54, 1.807) is 18.4 Å². The van der Waals surface area contributed by atoms with Gasteiger partial charge in [0, 0.05) is 12.3 Å². The summed E-state index contributed by atoms with van der Waals surface area (Å²) in [5.41, 5.74) is 3.71. The van der Waals surface area contributed by atoms with E-state index in [0.29, 0.717) is 5.76 Å². The van der Waals surface area contributed by atoms with Gasteiger partial charge in [0.2, 0.25) is 0 Å². The van der Waals surface area contributed by atoms with Crippen LogP contribution in [0.2, 0.25) is 0 Å². The molecule has 1 saturated heterocycles. The summed E-state index contributed by atoms with van der Waals surface area (Å²) in [6.45, 7) is 4.96. The molecule has 2 aromatic rings. The molecule has 4 heteroatoms. The summed E-state index contributed by atoms with van der Waals surface area (Å²) in [5.74, 6) is 1.36. The lowest BCUT2D eigenvalue weighted by molar-refractivity contribution is 0.0728. The minimum absolute atomic E-state index is 0.0232. The van der Waals surface area contributed by atoms with Crippen LogP contribution in [-0.4, -0.2) is 23.1 Å². The van der Waals surface area contributed by atoms with Gasteiger partial charge in [0.05, 0.1) is 6.26 Å². The predicted molar refractivity (Wildman–Crippen MR) is 80.9 cm³/mol. The maximum Gasteiger partial charge on any atom is 0.290 e. The number of furan rings is 1. The number of hydrogen-bond acceptors (Lipinski definition) is 3. The number of amides is 1. The van der Waals surface area contributed by atoms with Crippen molar-refractivity contribution in [1.82, 2.24) is 4.90 Å². The van der Waals surface area contributed by atoms with E-state index in [2.05, 4.69) is 32.0 Å². The Morgan fingerprint density at radius 1 is 1.35 bits per heavy atom. The van der Waals surface area contributed by atoms with Crippen LogP contribution in [0.4, 0.5) is 0 Å². The second-order valence-electron chi connectivity index (χ2n) is 5.06. The van der Waals surface area contributed by atoms with Crippen molar-refractivity contribution in [2.45, 2.75) is 19.2 Å². The molecule has 1 aliphatic rings. The monoisotopic (exact) mass is 287 g/mol. The Morgan fingerprint density at radius 3 is 2.90 bits per heavy atom. The molecule has 0 N–H and O–H groups in total. The largest absolute Gasteiger partial charge is 0.459 e. The molecular formula is C16H17NO2S. The summed E-state index contributed by atoms with van der Waals surface area (Å²) in [6, 6.07) is 9.89. The third-order valence-electron chi connectivity index (χ3n) is 3.58. The fourth-order valence-corrected chi connectivity index (χ4v) is 3.93. The van der Waals surface area contributed by atoms with Crippen LogP contribution in [0.3, 0.4) is 0 Å². The van der Waals surface area contributed by atoms with Gasteiger partial charge in [-0.2, -0.15) is 0 Å². The first-order valence-corrected chi connectivity index (χ1v) is 7.75. The van der Waals surface area contributed by atoms with Gasteiger partial charge in [-0.25, -0.2) is 0 Å². The average Bonchev–Trinajstić information content (AvgIpc) is 3.09. The highest BCUT2D eigenvalue weighted by atomic mass is 32.2. The van der Waals surface area contributed by atoms with Crippen LogP contribution in [0, 0.1) is 13.8 Å². The van der Waals surface area contributed by atoms with Crippen LogP contribution in [0.1, 0.15) is 32.6 Å². The van der Waals surface area contributed by atoms with Crippen molar-refractivity contribution in [1.29, 1.82) is 0 Å². The normalized spacial score (nSPS) is 18.5. The van der Waals surface area contributed by atoms with Gasteiger partial charge in [0.15, 0.2) is 5.76 Å². The maximum absolute atomic E-state index is 12.5. The molecule has 0 spiro atoms. The second kappa shape index (κ2) is 5.37. The molecular weight excluding hydrogens is 270 g/mol. The van der Waals surface area contributed by atoms with Crippen molar-refractivity contribution in [3.8, 4) is 0 Å². The lowest BCUT2D eigenvalue weighted by Crippen LogP contribution is -2.30. The number of nitrogens with zero attached hydrogens (tertiary/aromatic N) is 1. The Bertz CT molecular complexity index is 621. The number of benzene rings is 1. The highest BCUT2D eigenvalue weighted by Gasteiger charge is 2.33. The number of carbonyl (C=O) groups is 1. The van der Waals surface area contributed by atoms with Crippen molar-refractivity contribution in [3.63, 3.8) is 0 Å². The lowest BCUT2D eigenvalue weighted by atomic mass is 10.0. The Morgan fingerprint density at radius 2 is 2.20 bits per heavy atom. The van der Waals surface area contributed by atoms with Gasteiger partial charge in [-0.05, 0) is 37.1 Å². The fourth-order valence-electron chi connectivity index (χ4n) is 2.58. The van der Waals surface area contributed by atoms with Crippen molar-refractivity contribution in [2.75, 3.05) is 12.3 Å². The molecule has 0 aliphatic carbocycles. The number of rotatable bonds is 2. The number of carbonyl (C=O) groups excluding carboxylic acids is 1. The lowest BCUT2D eigenvalue weighted by Gasteiger charge is -2.24. The van der Waals surface area contributed by atoms with Crippen LogP contribution in [0.15, 0.2) is 41.0 Å². The molecule has 0 bridgehead atoms. The minimum atomic E-state index is -0.0232. The number of thioether (sulfide) groups is 1. The zero-order valence-electron chi connectivity index (χ0n) is 11.6. The molecule has 0 radical (unpaired) electrons. The highest BCUT2D eigenvalue weighted by molar-refractivity contribution is 7.99. The Kier molecular flexibility index (Phi) is 3.57. The van der Waals surface area contributed by atoms with Crippen LogP contribution >= 0.6 is 11.8 Å². The molecule has 1 aliphatic heterocycles. The van der Waals surface area contributed by atoms with Crippen LogP contribution in [0.25, 0.3) is 0 Å². The van der Waals surface area contributed by atoms with Crippen molar-refractivity contribution < 1.29 is 9.21 Å². The van der Waals surface area contributed by atoms with Crippen LogP contribution in [-0.2, 0) is 0 Å². The first kappa shape index (κ1) is 13.3. The standard InChI is InChI=1S/C16H17NO2S/c1-11-5-6-13(12(2)10-11)16-17(7-9-20-16)15(18)14-4-3-8-19-14/h3-6,8,10,16H,7,9H2,1-2H3. The van der Waals surface area contributed by atoms with Crippen molar-refractivity contribution in [3.05, 3.63) is 59.0 Å². The third kappa shape index (κ3) is 2.36. The van der Waals surface area contributed by atoms with E-state index < -0.39 is 0 Å². The predicted octanol–water partition coefficient (Wildman–Crippen LogP) is 3.78. The second-order valence-corrected chi connectivity index (χ2v) is 6.25. The first-order valence-electron chi connectivity index (χ1n) is 6.70. The summed E-state index contributed by atoms with van der Waals surface area (Å²) >= 11 is 1.81. The van der Waals surface area contributed by atoms with Crippen LogP contribution in [0.5, 0.6) is 0 Å². The third-order valence-corrected chi connectivity index (χ3v) is 4.82. The topological polar surface area (TPSA) is 33.5 Å². The summed E-state index contributed by atoms with van der Waals surface area (Å²) < 4.78 is 5.24. The van der Waals surface area contributed by atoms with E-state index in [0.717, 1.165) is 12.3 Å². The Labute approximate surface area is 123 Å². The Hall–Kier alpha value is -1.68. The minimum Gasteiger partial charge on any atom is -0.459 e. The first-order chi connectivity index (χ1) is 9.66. The molecule has 3 rings (SSSR count). The fraction of sp³-hybridized carbons (Fsp3) is 0.312. The zero-order valence-corrected chi connectivity index (χ0v) is 12.4. The van der Waals surface area contributed by atoms with Gasteiger partial charge < -0.3 is 9.32 Å². The van der Waals surface area contributed by atoms with Crippen LogP contribution < -0.4 is 0 Å². The molecule has 1 unspecified atom stereocenters. The summed E-state index contributed by atoms with van der Waals surface area (Å²) in [6.07, 6.45) is 1.54. The van der Waals surface area contributed by atoms with Gasteiger partial charge in [-0.15, -0.1) is 11.8 Å². The van der Waals surface area contributed by atoms with Gasteiger partial charge in [0.1, 0.15) is 5.37 Å². The van der Waals surface area contributed by atoms with Gasteiger partial charge in [-0.1, -0.05) is 23.8 Å². The van der Waals surface area contributed by atoms with Crippen molar-refractivity contribution >= 4 is 17.7 Å². The van der Waals surface area contributed by atoms with E-state index in [1.165, 1.54) is 16.7 Å². The molecule has 2 heterocycles. The maximum atomic E-state index is 12.5. The summed E-state index contributed by atoms with van der Waals surface area (Å²) in [5, 5.41) is 0.0909. The number of aryl methyl sites for hydroxylation is 2. The molecule has 0 saturated carbocycles.